The van der Waals surface area contributed by atoms with E-state index in [1.165, 1.54) is 0 Å². The summed E-state index contributed by atoms with van der Waals surface area (Å²) in [6, 6.07) is 10.5. The average Bonchev–Trinajstić information content (AvgIpc) is 2.34. The Hall–Kier alpha value is -1.61. The Balaban J connectivity index is 2.03. The maximum absolute atomic E-state index is 5.74. The quantitative estimate of drug-likeness (QED) is 0.802. The number of hydrogen-bond donors (Lipinski definition) is 1. The Labute approximate surface area is 102 Å². The third kappa shape index (κ3) is 3.17. The van der Waals surface area contributed by atoms with E-state index in [9.17, 15) is 0 Å². The average molecular weight is 230 g/mol. The van der Waals surface area contributed by atoms with Gasteiger partial charge < -0.3 is 10.1 Å². The highest BCUT2D eigenvalue weighted by atomic mass is 16.5. The Bertz CT molecular complexity index is 477. The second-order valence-electron chi connectivity index (χ2n) is 4.29. The van der Waals surface area contributed by atoms with Gasteiger partial charge in [0.15, 0.2) is 0 Å². The minimum Gasteiger partial charge on any atom is -0.490 e. The van der Waals surface area contributed by atoms with Gasteiger partial charge in [0.1, 0.15) is 17.9 Å². The molecule has 3 nitrogen and oxygen atoms in total. The molecule has 0 aliphatic rings. The molecule has 1 aromatic heterocycles. The van der Waals surface area contributed by atoms with Crippen LogP contribution in [-0.2, 0) is 0 Å². The van der Waals surface area contributed by atoms with Gasteiger partial charge in [-0.05, 0) is 12.1 Å². The highest BCUT2D eigenvalue weighted by Crippen LogP contribution is 2.22. The number of benzene rings is 1. The number of ether oxygens (including phenoxy) is 1. The molecule has 1 heterocycles. The number of nitrogens with zero attached hydrogens (tertiary/aromatic N) is 1. The summed E-state index contributed by atoms with van der Waals surface area (Å²) in [6.07, 6.45) is 1.79. The van der Waals surface area contributed by atoms with Crippen molar-refractivity contribution in [1.29, 1.82) is 0 Å². The number of hydrogen-bond acceptors (Lipinski definition) is 3. The molecular formula is C14H18N2O. The second-order valence-corrected chi connectivity index (χ2v) is 4.29. The summed E-state index contributed by atoms with van der Waals surface area (Å²) in [6.45, 7) is 5.76. The lowest BCUT2D eigenvalue weighted by Crippen LogP contribution is -2.27. The maximum atomic E-state index is 5.74. The zero-order valence-corrected chi connectivity index (χ0v) is 10.3. The molecule has 0 aliphatic heterocycles. The molecule has 0 amide bonds. The minimum absolute atomic E-state index is 0.490. The van der Waals surface area contributed by atoms with Crippen molar-refractivity contribution in [2.75, 3.05) is 13.2 Å². The molecule has 0 unspecified atom stereocenters. The Morgan fingerprint density at radius 3 is 2.88 bits per heavy atom. The van der Waals surface area contributed by atoms with Gasteiger partial charge in [-0.2, -0.15) is 0 Å². The van der Waals surface area contributed by atoms with Crippen LogP contribution in [0.2, 0.25) is 0 Å². The molecule has 3 heteroatoms. The highest BCUT2D eigenvalue weighted by molar-refractivity contribution is 5.84. The molecule has 0 bridgehead atoms. The smallest absolute Gasteiger partial charge is 0.145 e. The van der Waals surface area contributed by atoms with Crippen molar-refractivity contribution in [2.24, 2.45) is 0 Å². The summed E-state index contributed by atoms with van der Waals surface area (Å²) in [4.78, 5) is 4.35. The molecule has 0 saturated heterocycles. The summed E-state index contributed by atoms with van der Waals surface area (Å²) >= 11 is 0. The van der Waals surface area contributed by atoms with E-state index in [1.54, 1.807) is 6.20 Å². The predicted molar refractivity (Wildman–Crippen MR) is 70.4 cm³/mol. The monoisotopic (exact) mass is 230 g/mol. The van der Waals surface area contributed by atoms with Gasteiger partial charge in [0, 0.05) is 24.2 Å². The van der Waals surface area contributed by atoms with E-state index in [4.69, 9.17) is 4.74 Å². The Morgan fingerprint density at radius 1 is 1.24 bits per heavy atom. The van der Waals surface area contributed by atoms with Crippen LogP contribution in [0.1, 0.15) is 13.8 Å². The van der Waals surface area contributed by atoms with Gasteiger partial charge in [-0.15, -0.1) is 0 Å². The first-order valence-electron chi connectivity index (χ1n) is 5.97. The van der Waals surface area contributed by atoms with Gasteiger partial charge in [-0.1, -0.05) is 32.0 Å². The molecule has 1 N–H and O–H groups in total. The number of aromatic nitrogens is 1. The van der Waals surface area contributed by atoms with Crippen LogP contribution >= 0.6 is 0 Å². The van der Waals surface area contributed by atoms with E-state index < -0.39 is 0 Å². The zero-order chi connectivity index (χ0) is 12.1. The SMILES string of the molecule is CC(C)NCCOc1cccc2cccnc12. The maximum Gasteiger partial charge on any atom is 0.145 e. The highest BCUT2D eigenvalue weighted by Gasteiger charge is 2.02. The van der Waals surface area contributed by atoms with E-state index in [1.807, 2.05) is 30.3 Å². The first-order chi connectivity index (χ1) is 8.27. The van der Waals surface area contributed by atoms with Crippen LogP contribution in [0.5, 0.6) is 5.75 Å². The number of nitrogens with one attached hydrogen (secondary N) is 1. The largest absolute Gasteiger partial charge is 0.490 e. The molecule has 2 rings (SSSR count). The molecule has 0 atom stereocenters. The minimum atomic E-state index is 0.490. The third-order valence-corrected chi connectivity index (χ3v) is 2.51. The van der Waals surface area contributed by atoms with E-state index >= 15 is 0 Å². The first kappa shape index (κ1) is 11.9. The number of pyridine rings is 1. The summed E-state index contributed by atoms with van der Waals surface area (Å²) in [5.74, 6) is 0.855. The zero-order valence-electron chi connectivity index (χ0n) is 10.3. The Morgan fingerprint density at radius 2 is 2.06 bits per heavy atom. The van der Waals surface area contributed by atoms with Crippen molar-refractivity contribution in [3.8, 4) is 5.75 Å². The van der Waals surface area contributed by atoms with Crippen molar-refractivity contribution in [3.63, 3.8) is 0 Å². The number of fused-ring (bicyclic) bond motifs is 1. The second kappa shape index (κ2) is 5.64. The van der Waals surface area contributed by atoms with Crippen molar-refractivity contribution in [3.05, 3.63) is 36.5 Å². The summed E-state index contributed by atoms with van der Waals surface area (Å²) in [5.41, 5.74) is 0.930. The Kier molecular flexibility index (Phi) is 3.94. The van der Waals surface area contributed by atoms with Crippen LogP contribution in [0.15, 0.2) is 36.5 Å². The molecular weight excluding hydrogens is 212 g/mol. The van der Waals surface area contributed by atoms with Crippen molar-refractivity contribution in [1.82, 2.24) is 10.3 Å². The van der Waals surface area contributed by atoms with Crippen LogP contribution < -0.4 is 10.1 Å². The fourth-order valence-electron chi connectivity index (χ4n) is 1.70. The van der Waals surface area contributed by atoms with Gasteiger partial charge in [0.25, 0.3) is 0 Å². The summed E-state index contributed by atoms with van der Waals surface area (Å²) in [5, 5.41) is 4.43. The van der Waals surface area contributed by atoms with Gasteiger partial charge in [-0.3, -0.25) is 4.98 Å². The van der Waals surface area contributed by atoms with Crippen molar-refractivity contribution >= 4 is 10.9 Å². The first-order valence-corrected chi connectivity index (χ1v) is 5.97. The molecule has 90 valence electrons. The third-order valence-electron chi connectivity index (χ3n) is 2.51. The molecule has 0 saturated carbocycles. The van der Waals surface area contributed by atoms with E-state index in [0.717, 1.165) is 23.2 Å². The van der Waals surface area contributed by atoms with Gasteiger partial charge in [0.05, 0.1) is 0 Å². The fraction of sp³-hybridized carbons (Fsp3) is 0.357. The van der Waals surface area contributed by atoms with E-state index in [-0.39, 0.29) is 0 Å². The van der Waals surface area contributed by atoms with Gasteiger partial charge >= 0.3 is 0 Å². The van der Waals surface area contributed by atoms with Crippen LogP contribution in [-0.4, -0.2) is 24.2 Å². The molecule has 0 spiro atoms. The molecule has 17 heavy (non-hydrogen) atoms. The van der Waals surface area contributed by atoms with Crippen LogP contribution in [0.3, 0.4) is 0 Å². The lowest BCUT2D eigenvalue weighted by Gasteiger charge is -2.10. The molecule has 2 aromatic rings. The van der Waals surface area contributed by atoms with Crippen LogP contribution in [0.4, 0.5) is 0 Å². The molecule has 0 radical (unpaired) electrons. The van der Waals surface area contributed by atoms with Crippen LogP contribution in [0.25, 0.3) is 10.9 Å². The standard InChI is InChI=1S/C14H18N2O/c1-11(2)15-9-10-17-13-7-3-5-12-6-4-8-16-14(12)13/h3-8,11,15H,9-10H2,1-2H3. The molecule has 0 aliphatic carbocycles. The van der Waals surface area contributed by atoms with Crippen molar-refractivity contribution < 1.29 is 4.74 Å². The summed E-state index contributed by atoms with van der Waals surface area (Å²) < 4.78 is 5.74. The van der Waals surface area contributed by atoms with E-state index in [0.29, 0.717) is 12.6 Å². The topological polar surface area (TPSA) is 34.1 Å². The van der Waals surface area contributed by atoms with Gasteiger partial charge in [-0.25, -0.2) is 0 Å². The van der Waals surface area contributed by atoms with Crippen molar-refractivity contribution in [2.45, 2.75) is 19.9 Å². The lowest BCUT2D eigenvalue weighted by molar-refractivity contribution is 0.312. The van der Waals surface area contributed by atoms with Crippen LogP contribution in [0, 0.1) is 0 Å². The molecule has 1 aromatic carbocycles. The molecule has 0 fully saturated rings. The number of rotatable bonds is 5. The fourth-order valence-corrected chi connectivity index (χ4v) is 1.70. The normalized spacial score (nSPS) is 11.0. The summed E-state index contributed by atoms with van der Waals surface area (Å²) in [7, 11) is 0. The predicted octanol–water partition coefficient (Wildman–Crippen LogP) is 2.61. The number of para-hydroxylation sites is 1. The lowest BCUT2D eigenvalue weighted by atomic mass is 10.2. The van der Waals surface area contributed by atoms with Gasteiger partial charge in [0.2, 0.25) is 0 Å². The van der Waals surface area contributed by atoms with E-state index in [2.05, 4.69) is 24.1 Å².